The maximum Gasteiger partial charge on any atom is 0.237 e. The number of nitrogens with zero attached hydrogens (tertiary/aromatic N) is 1. The molecule has 0 aliphatic carbocycles. The molecule has 3 fully saturated rings. The first-order chi connectivity index (χ1) is 7.32. The van der Waals surface area contributed by atoms with Gasteiger partial charge in [0.05, 0.1) is 6.04 Å². The number of hydrogen-bond acceptors (Lipinski definition) is 3. The lowest BCUT2D eigenvalue weighted by Crippen LogP contribution is -2.67. The van der Waals surface area contributed by atoms with E-state index < -0.39 is 0 Å². The molecule has 1 N–H and O–H groups in total. The highest BCUT2D eigenvalue weighted by Crippen LogP contribution is 2.38. The van der Waals surface area contributed by atoms with Gasteiger partial charge in [-0.05, 0) is 38.0 Å². The molecule has 0 aromatic heterocycles. The maximum absolute atomic E-state index is 11.7. The molecule has 3 heterocycles. The number of fused-ring (bicyclic) bond motifs is 2. The molecular formula is C11H18N2OS. The van der Waals surface area contributed by atoms with Crippen LogP contribution in [0.4, 0.5) is 0 Å². The number of thioether (sulfide) groups is 1. The Bertz CT molecular complexity index is 276. The Morgan fingerprint density at radius 2 is 2.40 bits per heavy atom. The highest BCUT2D eigenvalue weighted by atomic mass is 32.2. The molecule has 1 amide bonds. The topological polar surface area (TPSA) is 32.3 Å². The van der Waals surface area contributed by atoms with E-state index in [-0.39, 0.29) is 11.9 Å². The van der Waals surface area contributed by atoms with Crippen molar-refractivity contribution in [2.24, 2.45) is 0 Å². The molecule has 1 spiro atoms. The van der Waals surface area contributed by atoms with Crippen LogP contribution < -0.4 is 5.32 Å². The molecule has 3 saturated heterocycles. The van der Waals surface area contributed by atoms with Crippen LogP contribution in [-0.4, -0.2) is 47.0 Å². The van der Waals surface area contributed by atoms with Gasteiger partial charge in [-0.25, -0.2) is 0 Å². The molecule has 0 aromatic carbocycles. The Labute approximate surface area is 95.0 Å². The molecule has 84 valence electrons. The van der Waals surface area contributed by atoms with Crippen molar-refractivity contribution in [3.63, 3.8) is 0 Å². The van der Waals surface area contributed by atoms with Crippen LogP contribution in [0.5, 0.6) is 0 Å². The fourth-order valence-corrected chi connectivity index (χ4v) is 4.57. The Morgan fingerprint density at radius 1 is 1.47 bits per heavy atom. The molecule has 0 bridgehead atoms. The van der Waals surface area contributed by atoms with E-state index in [9.17, 15) is 4.79 Å². The minimum absolute atomic E-state index is 0.192. The largest absolute Gasteiger partial charge is 0.353 e. The van der Waals surface area contributed by atoms with Gasteiger partial charge in [-0.3, -0.25) is 9.69 Å². The van der Waals surface area contributed by atoms with Gasteiger partial charge in [-0.1, -0.05) is 0 Å². The zero-order valence-corrected chi connectivity index (χ0v) is 9.81. The van der Waals surface area contributed by atoms with Crippen LogP contribution in [0.25, 0.3) is 0 Å². The highest BCUT2D eigenvalue weighted by molar-refractivity contribution is 7.99. The van der Waals surface area contributed by atoms with Gasteiger partial charge in [-0.15, -0.1) is 0 Å². The minimum atomic E-state index is 0.192. The fraction of sp³-hybridized carbons (Fsp3) is 0.909. The average molecular weight is 226 g/mol. The van der Waals surface area contributed by atoms with Gasteiger partial charge in [0.2, 0.25) is 5.91 Å². The number of amides is 1. The first-order valence-electron chi connectivity index (χ1n) is 5.94. The van der Waals surface area contributed by atoms with Crippen LogP contribution in [0.1, 0.15) is 25.7 Å². The van der Waals surface area contributed by atoms with Crippen molar-refractivity contribution in [3.8, 4) is 0 Å². The zero-order chi connectivity index (χ0) is 10.3. The number of carbonyl (C=O) groups is 1. The molecule has 0 aromatic rings. The van der Waals surface area contributed by atoms with E-state index in [0.29, 0.717) is 5.54 Å². The lowest BCUT2D eigenvalue weighted by atomic mass is 9.89. The third-order valence-corrected chi connectivity index (χ3v) is 5.38. The van der Waals surface area contributed by atoms with Gasteiger partial charge in [0, 0.05) is 17.8 Å². The molecule has 3 nitrogen and oxygen atoms in total. The van der Waals surface area contributed by atoms with Crippen LogP contribution in [0, 0.1) is 0 Å². The van der Waals surface area contributed by atoms with Crippen LogP contribution in [0.15, 0.2) is 0 Å². The van der Waals surface area contributed by atoms with Crippen LogP contribution in [0.3, 0.4) is 0 Å². The summed E-state index contributed by atoms with van der Waals surface area (Å²) in [6, 6.07) is 0.192. The zero-order valence-electron chi connectivity index (χ0n) is 9.00. The second kappa shape index (κ2) is 3.67. The van der Waals surface area contributed by atoms with E-state index in [1.54, 1.807) is 0 Å². The Balaban J connectivity index is 1.86. The SMILES string of the molecule is O=C1NCC2(CCCSC2)N2CCC[C@@H]12. The summed E-state index contributed by atoms with van der Waals surface area (Å²) >= 11 is 2.06. The molecule has 1 unspecified atom stereocenters. The third-order valence-electron chi connectivity index (χ3n) is 4.06. The van der Waals surface area contributed by atoms with Gasteiger partial charge in [-0.2, -0.15) is 11.8 Å². The van der Waals surface area contributed by atoms with Crippen molar-refractivity contribution in [3.05, 3.63) is 0 Å². The molecular weight excluding hydrogens is 208 g/mol. The van der Waals surface area contributed by atoms with Gasteiger partial charge in [0.1, 0.15) is 0 Å². The Morgan fingerprint density at radius 3 is 3.20 bits per heavy atom. The molecule has 2 atom stereocenters. The number of nitrogens with one attached hydrogen (secondary N) is 1. The molecule has 3 aliphatic rings. The lowest BCUT2D eigenvalue weighted by Gasteiger charge is -2.50. The Hall–Kier alpha value is -0.220. The third kappa shape index (κ3) is 1.49. The molecule has 0 radical (unpaired) electrons. The van der Waals surface area contributed by atoms with E-state index >= 15 is 0 Å². The quantitative estimate of drug-likeness (QED) is 0.664. The van der Waals surface area contributed by atoms with Gasteiger partial charge < -0.3 is 5.32 Å². The standard InChI is InChI=1S/C11H18N2OS/c14-10-9-3-1-5-13(9)11(7-12-10)4-2-6-15-8-11/h9H,1-8H2,(H,12,14)/t9-,11?/m0/s1. The maximum atomic E-state index is 11.7. The molecule has 3 rings (SSSR count). The summed E-state index contributed by atoms with van der Waals surface area (Å²) in [5, 5.41) is 3.12. The summed E-state index contributed by atoms with van der Waals surface area (Å²) in [5.74, 6) is 2.78. The summed E-state index contributed by atoms with van der Waals surface area (Å²) < 4.78 is 0. The van der Waals surface area contributed by atoms with E-state index in [1.165, 1.54) is 30.8 Å². The van der Waals surface area contributed by atoms with Crippen molar-refractivity contribution >= 4 is 17.7 Å². The van der Waals surface area contributed by atoms with Crippen molar-refractivity contribution < 1.29 is 4.79 Å². The predicted molar refractivity (Wildman–Crippen MR) is 62.0 cm³/mol. The normalized spacial score (nSPS) is 41.6. The summed E-state index contributed by atoms with van der Waals surface area (Å²) in [6.07, 6.45) is 4.85. The Kier molecular flexibility index (Phi) is 2.44. The lowest BCUT2D eigenvalue weighted by molar-refractivity contribution is -0.132. The minimum Gasteiger partial charge on any atom is -0.353 e. The van der Waals surface area contributed by atoms with Crippen molar-refractivity contribution in [2.45, 2.75) is 37.3 Å². The number of carbonyl (C=O) groups excluding carboxylic acids is 1. The number of hydrogen-bond donors (Lipinski definition) is 1. The van der Waals surface area contributed by atoms with E-state index in [2.05, 4.69) is 22.0 Å². The summed E-state index contributed by atoms with van der Waals surface area (Å²) in [5.41, 5.74) is 0.304. The average Bonchev–Trinajstić information content (AvgIpc) is 2.76. The van der Waals surface area contributed by atoms with E-state index in [1.807, 2.05) is 0 Å². The molecule has 0 saturated carbocycles. The predicted octanol–water partition coefficient (Wildman–Crippen LogP) is 0.846. The summed E-state index contributed by atoms with van der Waals surface area (Å²) in [7, 11) is 0. The number of piperazine rings is 1. The van der Waals surface area contributed by atoms with Crippen molar-refractivity contribution in [2.75, 3.05) is 24.6 Å². The smallest absolute Gasteiger partial charge is 0.237 e. The second-order valence-corrected chi connectivity index (χ2v) is 6.05. The van der Waals surface area contributed by atoms with Crippen molar-refractivity contribution in [1.82, 2.24) is 10.2 Å². The van der Waals surface area contributed by atoms with Crippen LogP contribution in [0.2, 0.25) is 0 Å². The number of rotatable bonds is 0. The fourth-order valence-electron chi connectivity index (χ4n) is 3.28. The first-order valence-corrected chi connectivity index (χ1v) is 7.10. The molecule has 4 heteroatoms. The van der Waals surface area contributed by atoms with Crippen LogP contribution >= 0.6 is 11.8 Å². The van der Waals surface area contributed by atoms with Gasteiger partial charge in [0.25, 0.3) is 0 Å². The van der Waals surface area contributed by atoms with Crippen LogP contribution in [-0.2, 0) is 4.79 Å². The summed E-state index contributed by atoms with van der Waals surface area (Å²) in [4.78, 5) is 14.3. The van der Waals surface area contributed by atoms with Crippen molar-refractivity contribution in [1.29, 1.82) is 0 Å². The van der Waals surface area contributed by atoms with E-state index in [4.69, 9.17) is 0 Å². The van der Waals surface area contributed by atoms with E-state index in [0.717, 1.165) is 19.5 Å². The summed E-state index contributed by atoms with van der Waals surface area (Å²) in [6.45, 7) is 2.02. The first kappa shape index (κ1) is 9.97. The highest BCUT2D eigenvalue weighted by Gasteiger charge is 2.49. The molecule has 15 heavy (non-hydrogen) atoms. The molecule has 3 aliphatic heterocycles. The van der Waals surface area contributed by atoms with Gasteiger partial charge >= 0.3 is 0 Å². The van der Waals surface area contributed by atoms with Gasteiger partial charge in [0.15, 0.2) is 0 Å². The second-order valence-electron chi connectivity index (χ2n) is 4.95. The monoisotopic (exact) mass is 226 g/mol.